The summed E-state index contributed by atoms with van der Waals surface area (Å²) in [5.74, 6) is 0.495. The molecule has 5 heteroatoms. The quantitative estimate of drug-likeness (QED) is 0.730. The van der Waals surface area contributed by atoms with Crippen molar-refractivity contribution in [3.05, 3.63) is 64.1 Å². The molecule has 0 spiro atoms. The largest absolute Gasteiger partial charge is 0.491 e. The van der Waals surface area contributed by atoms with Gasteiger partial charge in [-0.3, -0.25) is 4.79 Å². The zero-order chi connectivity index (χ0) is 16.8. The molecule has 120 valence electrons. The first-order chi connectivity index (χ1) is 11.0. The Morgan fingerprint density at radius 2 is 1.70 bits per heavy atom. The van der Waals surface area contributed by atoms with Crippen LogP contribution in [0.1, 0.15) is 19.4 Å². The summed E-state index contributed by atoms with van der Waals surface area (Å²) in [5.41, 5.74) is 1.30. The monoisotopic (exact) mass is 349 g/mol. The summed E-state index contributed by atoms with van der Waals surface area (Å²) in [4.78, 5) is 12.0. The molecular formula is C18H17Cl2NO2. The summed E-state index contributed by atoms with van der Waals surface area (Å²) in [7, 11) is 0. The molecule has 0 atom stereocenters. The van der Waals surface area contributed by atoms with Crippen molar-refractivity contribution in [2.75, 3.05) is 5.32 Å². The average molecular weight is 350 g/mol. The Morgan fingerprint density at radius 1 is 1.09 bits per heavy atom. The van der Waals surface area contributed by atoms with Crippen molar-refractivity contribution in [2.24, 2.45) is 0 Å². The highest BCUT2D eigenvalue weighted by Crippen LogP contribution is 2.25. The molecule has 1 amide bonds. The zero-order valence-corrected chi connectivity index (χ0v) is 14.4. The van der Waals surface area contributed by atoms with E-state index in [0.717, 1.165) is 5.75 Å². The van der Waals surface area contributed by atoms with Crippen LogP contribution in [0.15, 0.2) is 48.5 Å². The number of anilines is 1. The van der Waals surface area contributed by atoms with Crippen LogP contribution in [0, 0.1) is 0 Å². The van der Waals surface area contributed by atoms with E-state index in [1.165, 1.54) is 6.08 Å². The van der Waals surface area contributed by atoms with E-state index in [2.05, 4.69) is 5.32 Å². The lowest BCUT2D eigenvalue weighted by molar-refractivity contribution is -0.111. The molecule has 0 aliphatic carbocycles. The molecule has 0 fully saturated rings. The number of ether oxygens (including phenoxy) is 1. The minimum Gasteiger partial charge on any atom is -0.491 e. The van der Waals surface area contributed by atoms with Gasteiger partial charge >= 0.3 is 0 Å². The third-order valence-corrected chi connectivity index (χ3v) is 3.55. The molecule has 0 saturated heterocycles. The molecule has 23 heavy (non-hydrogen) atoms. The van der Waals surface area contributed by atoms with Crippen LogP contribution in [0.3, 0.4) is 0 Å². The normalized spacial score (nSPS) is 11.0. The zero-order valence-electron chi connectivity index (χ0n) is 12.8. The van der Waals surface area contributed by atoms with Crippen LogP contribution >= 0.6 is 23.2 Å². The van der Waals surface area contributed by atoms with Crippen molar-refractivity contribution in [3.63, 3.8) is 0 Å². The average Bonchev–Trinajstić information content (AvgIpc) is 2.48. The number of hydrogen-bond donors (Lipinski definition) is 1. The Labute approximate surface area is 145 Å². The van der Waals surface area contributed by atoms with Gasteiger partial charge in [0.25, 0.3) is 0 Å². The van der Waals surface area contributed by atoms with Gasteiger partial charge in [0.2, 0.25) is 5.91 Å². The second-order valence-electron chi connectivity index (χ2n) is 5.15. The van der Waals surface area contributed by atoms with Gasteiger partial charge in [-0.15, -0.1) is 0 Å². The predicted molar refractivity (Wildman–Crippen MR) is 96.3 cm³/mol. The van der Waals surface area contributed by atoms with Crippen LogP contribution in [0.25, 0.3) is 6.08 Å². The standard InChI is InChI=1S/C18H17Cl2NO2/c1-12(2)23-14-8-6-13(7-9-14)21-18(22)11-10-15-16(19)4-3-5-17(15)20/h3-12H,1-2H3,(H,21,22)/b11-10+. The van der Waals surface area contributed by atoms with Gasteiger partial charge < -0.3 is 10.1 Å². The van der Waals surface area contributed by atoms with Gasteiger partial charge in [0.05, 0.1) is 6.10 Å². The smallest absolute Gasteiger partial charge is 0.248 e. The molecule has 1 N–H and O–H groups in total. The highest BCUT2D eigenvalue weighted by Gasteiger charge is 2.04. The molecule has 0 unspecified atom stereocenters. The number of nitrogens with one attached hydrogen (secondary N) is 1. The number of hydrogen-bond acceptors (Lipinski definition) is 2. The minimum absolute atomic E-state index is 0.110. The summed E-state index contributed by atoms with van der Waals surface area (Å²) < 4.78 is 5.55. The van der Waals surface area contributed by atoms with Gasteiger partial charge in [0.15, 0.2) is 0 Å². The third kappa shape index (κ3) is 5.31. The molecule has 0 saturated carbocycles. The summed E-state index contributed by atoms with van der Waals surface area (Å²) >= 11 is 12.1. The molecule has 0 radical (unpaired) electrons. The Kier molecular flexibility index (Phi) is 6.08. The van der Waals surface area contributed by atoms with E-state index in [1.54, 1.807) is 36.4 Å². The molecule has 2 aromatic carbocycles. The van der Waals surface area contributed by atoms with E-state index in [9.17, 15) is 4.79 Å². The lowest BCUT2D eigenvalue weighted by Gasteiger charge is -2.10. The van der Waals surface area contributed by atoms with E-state index < -0.39 is 0 Å². The Hall–Kier alpha value is -1.97. The Bertz CT molecular complexity index is 689. The topological polar surface area (TPSA) is 38.3 Å². The molecule has 0 bridgehead atoms. The molecule has 2 aromatic rings. The van der Waals surface area contributed by atoms with Crippen molar-refractivity contribution in [1.29, 1.82) is 0 Å². The first-order valence-corrected chi connectivity index (χ1v) is 7.91. The molecule has 0 heterocycles. The van der Waals surface area contributed by atoms with Crippen LogP contribution in [0.5, 0.6) is 5.75 Å². The van der Waals surface area contributed by atoms with Crippen molar-refractivity contribution in [2.45, 2.75) is 20.0 Å². The Balaban J connectivity index is 2.00. The SMILES string of the molecule is CC(C)Oc1ccc(NC(=O)/C=C/c2c(Cl)cccc2Cl)cc1. The van der Waals surface area contributed by atoms with Crippen molar-refractivity contribution in [3.8, 4) is 5.75 Å². The molecule has 0 aromatic heterocycles. The van der Waals surface area contributed by atoms with E-state index in [-0.39, 0.29) is 12.0 Å². The summed E-state index contributed by atoms with van der Waals surface area (Å²) in [6.07, 6.45) is 3.10. The maximum absolute atomic E-state index is 12.0. The number of rotatable bonds is 5. The maximum atomic E-state index is 12.0. The first-order valence-electron chi connectivity index (χ1n) is 7.15. The number of amides is 1. The highest BCUT2D eigenvalue weighted by atomic mass is 35.5. The van der Waals surface area contributed by atoms with Gasteiger partial charge in [-0.25, -0.2) is 0 Å². The molecule has 3 nitrogen and oxygen atoms in total. The van der Waals surface area contributed by atoms with E-state index in [4.69, 9.17) is 27.9 Å². The molecule has 0 aliphatic rings. The summed E-state index contributed by atoms with van der Waals surface area (Å²) in [6, 6.07) is 12.4. The van der Waals surface area contributed by atoms with Crippen LogP contribution < -0.4 is 10.1 Å². The highest BCUT2D eigenvalue weighted by molar-refractivity contribution is 6.37. The van der Waals surface area contributed by atoms with Crippen LogP contribution in [-0.2, 0) is 4.79 Å². The van der Waals surface area contributed by atoms with Crippen LogP contribution in [-0.4, -0.2) is 12.0 Å². The van der Waals surface area contributed by atoms with Gasteiger partial charge in [0, 0.05) is 27.4 Å². The van der Waals surface area contributed by atoms with Crippen LogP contribution in [0.2, 0.25) is 10.0 Å². The summed E-state index contributed by atoms with van der Waals surface area (Å²) in [5, 5.41) is 3.76. The Morgan fingerprint density at radius 3 is 2.26 bits per heavy atom. The van der Waals surface area contributed by atoms with Gasteiger partial charge in [-0.1, -0.05) is 29.3 Å². The molecule has 2 rings (SSSR count). The van der Waals surface area contributed by atoms with Gasteiger partial charge in [-0.2, -0.15) is 0 Å². The number of carbonyl (C=O) groups excluding carboxylic acids is 1. The van der Waals surface area contributed by atoms with Gasteiger partial charge in [-0.05, 0) is 56.3 Å². The van der Waals surface area contributed by atoms with Crippen molar-refractivity contribution in [1.82, 2.24) is 0 Å². The second-order valence-corrected chi connectivity index (χ2v) is 5.96. The predicted octanol–water partition coefficient (Wildman–Crippen LogP) is 5.43. The van der Waals surface area contributed by atoms with Crippen LogP contribution in [0.4, 0.5) is 5.69 Å². The van der Waals surface area contributed by atoms with Crippen molar-refractivity contribution >= 4 is 40.9 Å². The lowest BCUT2D eigenvalue weighted by atomic mass is 10.2. The molecule has 0 aliphatic heterocycles. The van der Waals surface area contributed by atoms with E-state index in [0.29, 0.717) is 21.3 Å². The third-order valence-electron chi connectivity index (χ3n) is 2.89. The molecular weight excluding hydrogens is 333 g/mol. The lowest BCUT2D eigenvalue weighted by Crippen LogP contribution is -2.08. The van der Waals surface area contributed by atoms with Crippen molar-refractivity contribution < 1.29 is 9.53 Å². The number of halogens is 2. The first kappa shape index (κ1) is 17.4. The fraction of sp³-hybridized carbons (Fsp3) is 0.167. The fourth-order valence-electron chi connectivity index (χ4n) is 1.90. The second kappa shape index (κ2) is 8.04. The van der Waals surface area contributed by atoms with E-state index >= 15 is 0 Å². The number of benzene rings is 2. The number of carbonyl (C=O) groups is 1. The van der Waals surface area contributed by atoms with E-state index in [1.807, 2.05) is 26.0 Å². The van der Waals surface area contributed by atoms with Gasteiger partial charge in [0.1, 0.15) is 5.75 Å². The maximum Gasteiger partial charge on any atom is 0.248 e. The summed E-state index contributed by atoms with van der Waals surface area (Å²) in [6.45, 7) is 3.92. The minimum atomic E-state index is -0.265. The fourth-order valence-corrected chi connectivity index (χ4v) is 2.43.